The van der Waals surface area contributed by atoms with Crippen molar-refractivity contribution < 1.29 is 14.6 Å². The summed E-state index contributed by atoms with van der Waals surface area (Å²) < 4.78 is 33.4. The first-order valence-corrected chi connectivity index (χ1v) is 12.9. The smallest absolute Gasteiger partial charge is 0.263 e. The van der Waals surface area contributed by atoms with E-state index in [0.717, 1.165) is 25.1 Å². The summed E-state index contributed by atoms with van der Waals surface area (Å²) in [5.41, 5.74) is 1.10. The maximum atomic E-state index is 12.6. The second kappa shape index (κ2) is 10.3. The van der Waals surface area contributed by atoms with Crippen LogP contribution in [0.15, 0.2) is 71.1 Å². The maximum Gasteiger partial charge on any atom is 0.263 e. The third-order valence-corrected chi connectivity index (χ3v) is 7.61. The van der Waals surface area contributed by atoms with Crippen LogP contribution in [-0.4, -0.2) is 38.0 Å². The number of aromatic nitrogens is 1. The fourth-order valence-corrected chi connectivity index (χ4v) is 5.76. The van der Waals surface area contributed by atoms with Crippen molar-refractivity contribution >= 4 is 26.5 Å². The Morgan fingerprint density at radius 2 is 1.77 bits per heavy atom. The fraction of sp³-hybridized carbons (Fsp3) is 0.348. The number of thiazole rings is 1. The van der Waals surface area contributed by atoms with E-state index in [9.17, 15) is 8.42 Å². The highest BCUT2D eigenvalue weighted by atomic mass is 32.2. The lowest BCUT2D eigenvalue weighted by Gasteiger charge is -2.38. The van der Waals surface area contributed by atoms with Gasteiger partial charge in [0.25, 0.3) is 10.0 Å². The molecule has 0 unspecified atom stereocenters. The van der Waals surface area contributed by atoms with E-state index in [1.54, 1.807) is 23.7 Å². The van der Waals surface area contributed by atoms with Gasteiger partial charge in [-0.25, -0.2) is 13.4 Å². The van der Waals surface area contributed by atoms with E-state index in [1.165, 1.54) is 30.6 Å². The molecule has 0 amide bonds. The lowest BCUT2D eigenvalue weighted by Crippen LogP contribution is -2.36. The predicted octanol–water partition coefficient (Wildman–Crippen LogP) is 5.19. The molecule has 3 aromatic rings. The molecular weight excluding hydrogens is 430 g/mol. The van der Waals surface area contributed by atoms with Crippen molar-refractivity contribution in [2.45, 2.75) is 36.6 Å². The Labute approximate surface area is 189 Å². The number of fused-ring (bicyclic) bond motifs is 1. The molecule has 2 aliphatic rings. The van der Waals surface area contributed by atoms with E-state index < -0.39 is 10.0 Å². The van der Waals surface area contributed by atoms with Crippen LogP contribution >= 0.6 is 11.3 Å². The van der Waals surface area contributed by atoms with Crippen LogP contribution in [0.1, 0.15) is 38.7 Å². The van der Waals surface area contributed by atoms with Crippen LogP contribution in [0.2, 0.25) is 0 Å². The number of hydrogen-bond acceptors (Lipinski definition) is 6. The molecule has 0 bridgehead atoms. The number of nitrogens with one attached hydrogen (secondary N) is 1. The number of hydrogen-bond donors (Lipinski definition) is 1. The monoisotopic (exact) mass is 459 g/mol. The first kappa shape index (κ1) is 21.8. The Morgan fingerprint density at radius 3 is 2.42 bits per heavy atom. The SMILES string of the molecule is O=S(=O)(Nc1nccs1)c1ccc2c(c1)OCC[C@H]2N1CCCCC1.[HH].c1ccccc1. The standard InChI is InChI=1S/C17H21N3O3S2.C6H6.H2/c21-25(22,19-17-18-7-11-24-17)13-4-5-14-15(6-10-23-16(14)12-13)20-8-2-1-3-9-20;1-2-4-6-5-3-1;/h4-5,7,11-12,15H,1-3,6,8-10H2,(H,18,19);1-6H;1H/t15-;;/m1../s1. The molecule has 1 atom stereocenters. The summed E-state index contributed by atoms with van der Waals surface area (Å²) in [5.74, 6) is 0.684. The number of likely N-dealkylation sites (tertiary alicyclic amines) is 1. The topological polar surface area (TPSA) is 71.5 Å². The molecule has 166 valence electrons. The minimum absolute atomic E-state index is 0. The normalized spacial score (nSPS) is 18.8. The van der Waals surface area contributed by atoms with E-state index >= 15 is 0 Å². The molecular formula is C23H29N3O3S2. The van der Waals surface area contributed by atoms with Gasteiger partial charge in [0.15, 0.2) is 5.13 Å². The van der Waals surface area contributed by atoms with Gasteiger partial charge in [-0.1, -0.05) is 48.9 Å². The second-order valence-electron chi connectivity index (χ2n) is 7.55. The largest absolute Gasteiger partial charge is 0.493 e. The third-order valence-electron chi connectivity index (χ3n) is 5.46. The van der Waals surface area contributed by atoms with Gasteiger partial charge in [0.05, 0.1) is 11.5 Å². The molecule has 31 heavy (non-hydrogen) atoms. The van der Waals surface area contributed by atoms with Crippen LogP contribution in [0.4, 0.5) is 5.13 Å². The number of rotatable bonds is 4. The average molecular weight is 460 g/mol. The van der Waals surface area contributed by atoms with Crippen LogP contribution in [0, 0.1) is 0 Å². The summed E-state index contributed by atoms with van der Waals surface area (Å²) in [6.45, 7) is 2.84. The Kier molecular flexibility index (Phi) is 7.21. The van der Waals surface area contributed by atoms with E-state index in [2.05, 4.69) is 14.6 Å². The Hall–Kier alpha value is -2.42. The molecule has 6 nitrogen and oxygen atoms in total. The van der Waals surface area contributed by atoms with Crippen molar-refractivity contribution in [2.24, 2.45) is 0 Å². The number of sulfonamides is 1. The zero-order valence-electron chi connectivity index (χ0n) is 17.3. The molecule has 2 aliphatic heterocycles. The van der Waals surface area contributed by atoms with Crippen molar-refractivity contribution in [3.63, 3.8) is 0 Å². The van der Waals surface area contributed by atoms with Gasteiger partial charge >= 0.3 is 0 Å². The Bertz CT molecular complexity index is 1030. The summed E-state index contributed by atoms with van der Waals surface area (Å²) in [7, 11) is -3.65. The molecule has 3 heterocycles. The molecule has 5 rings (SSSR count). The van der Waals surface area contributed by atoms with Crippen LogP contribution in [-0.2, 0) is 10.0 Å². The molecule has 1 saturated heterocycles. The van der Waals surface area contributed by atoms with Gasteiger partial charge in [0.2, 0.25) is 0 Å². The minimum Gasteiger partial charge on any atom is -0.493 e. The Balaban J connectivity index is 0.000000360. The fourth-order valence-electron chi connectivity index (χ4n) is 3.96. The summed E-state index contributed by atoms with van der Waals surface area (Å²) >= 11 is 1.25. The van der Waals surface area contributed by atoms with Crippen LogP contribution < -0.4 is 9.46 Å². The molecule has 0 spiro atoms. The second-order valence-corrected chi connectivity index (χ2v) is 10.1. The van der Waals surface area contributed by atoms with Crippen molar-refractivity contribution in [3.8, 4) is 5.75 Å². The number of nitrogens with zero attached hydrogens (tertiary/aromatic N) is 2. The lowest BCUT2D eigenvalue weighted by molar-refractivity contribution is 0.119. The highest BCUT2D eigenvalue weighted by molar-refractivity contribution is 7.93. The highest BCUT2D eigenvalue weighted by Gasteiger charge is 2.29. The molecule has 1 fully saturated rings. The van der Waals surface area contributed by atoms with Crippen LogP contribution in [0.5, 0.6) is 5.75 Å². The van der Waals surface area contributed by atoms with Gasteiger partial charge in [-0.15, -0.1) is 11.3 Å². The number of anilines is 1. The first-order chi connectivity index (χ1) is 15.1. The average Bonchev–Trinajstić information content (AvgIpc) is 3.33. The van der Waals surface area contributed by atoms with Gasteiger partial charge in [-0.05, 0) is 32.0 Å². The number of ether oxygens (including phenoxy) is 1. The molecule has 8 heteroatoms. The van der Waals surface area contributed by atoms with Crippen LogP contribution in [0.25, 0.3) is 0 Å². The Morgan fingerprint density at radius 1 is 1.06 bits per heavy atom. The zero-order chi connectivity index (χ0) is 21.5. The zero-order valence-corrected chi connectivity index (χ0v) is 18.9. The third kappa shape index (κ3) is 5.64. The van der Waals surface area contributed by atoms with Crippen molar-refractivity contribution in [1.82, 2.24) is 9.88 Å². The first-order valence-electron chi connectivity index (χ1n) is 10.6. The van der Waals surface area contributed by atoms with Crippen LogP contribution in [0.3, 0.4) is 0 Å². The van der Waals surface area contributed by atoms with E-state index in [1.807, 2.05) is 42.5 Å². The summed E-state index contributed by atoms with van der Waals surface area (Å²) in [5, 5.41) is 2.10. The highest BCUT2D eigenvalue weighted by Crippen LogP contribution is 2.38. The summed E-state index contributed by atoms with van der Waals surface area (Å²) in [4.78, 5) is 6.69. The molecule has 0 radical (unpaired) electrons. The van der Waals surface area contributed by atoms with Gasteiger partial charge < -0.3 is 4.74 Å². The molecule has 0 saturated carbocycles. The van der Waals surface area contributed by atoms with Gasteiger partial charge in [-0.2, -0.15) is 0 Å². The molecule has 1 aromatic heterocycles. The molecule has 2 aromatic carbocycles. The summed E-state index contributed by atoms with van der Waals surface area (Å²) in [6, 6.07) is 17.5. The van der Waals surface area contributed by atoms with Crippen molar-refractivity contribution in [2.75, 3.05) is 24.4 Å². The van der Waals surface area contributed by atoms with Gasteiger partial charge in [0, 0.05) is 37.1 Å². The van der Waals surface area contributed by atoms with E-state index in [0.29, 0.717) is 23.5 Å². The number of benzene rings is 2. The minimum atomic E-state index is -3.65. The quantitative estimate of drug-likeness (QED) is 0.582. The molecule has 1 N–H and O–H groups in total. The summed E-state index contributed by atoms with van der Waals surface area (Å²) in [6.07, 6.45) is 6.29. The van der Waals surface area contributed by atoms with E-state index in [-0.39, 0.29) is 6.32 Å². The van der Waals surface area contributed by atoms with E-state index in [4.69, 9.17) is 4.74 Å². The molecule has 0 aliphatic carbocycles. The van der Waals surface area contributed by atoms with Crippen molar-refractivity contribution in [1.29, 1.82) is 0 Å². The van der Waals surface area contributed by atoms with Gasteiger partial charge in [0.1, 0.15) is 5.75 Å². The number of piperidine rings is 1. The lowest BCUT2D eigenvalue weighted by atomic mass is 9.97. The van der Waals surface area contributed by atoms with Crippen molar-refractivity contribution in [3.05, 3.63) is 71.7 Å². The maximum absolute atomic E-state index is 12.6. The predicted molar refractivity (Wildman–Crippen MR) is 126 cm³/mol. The van der Waals surface area contributed by atoms with Gasteiger partial charge in [-0.3, -0.25) is 9.62 Å².